The molecule has 1 saturated heterocycles. The Labute approximate surface area is 273 Å². The number of hydrogen-bond acceptors (Lipinski definition) is 8. The van der Waals surface area contributed by atoms with Crippen LogP contribution < -0.4 is 9.47 Å². The highest BCUT2D eigenvalue weighted by molar-refractivity contribution is 6.08. The fourth-order valence-corrected chi connectivity index (χ4v) is 5.76. The maximum Gasteiger partial charge on any atom is 0.410 e. The van der Waals surface area contributed by atoms with Crippen LogP contribution in [0.15, 0.2) is 73.3 Å². The van der Waals surface area contributed by atoms with Crippen LogP contribution >= 0.6 is 0 Å². The number of amides is 1. The minimum atomic E-state index is -0.502. The smallest absolute Gasteiger partial charge is 0.410 e. The quantitative estimate of drug-likeness (QED) is 0.197. The van der Waals surface area contributed by atoms with Crippen molar-refractivity contribution in [2.45, 2.75) is 57.5 Å². The van der Waals surface area contributed by atoms with Crippen LogP contribution in [-0.2, 0) is 16.5 Å². The second-order valence-corrected chi connectivity index (χ2v) is 13.0. The van der Waals surface area contributed by atoms with Crippen molar-refractivity contribution in [2.75, 3.05) is 19.7 Å². The summed E-state index contributed by atoms with van der Waals surface area (Å²) in [5.41, 5.74) is 4.61. The summed E-state index contributed by atoms with van der Waals surface area (Å²) in [4.78, 5) is 26.9. The molecule has 1 amide bonds. The number of aromatic nitrogens is 4. The summed E-state index contributed by atoms with van der Waals surface area (Å²) >= 11 is 0. The second kappa shape index (κ2) is 12.6. The fraction of sp³-hybridized carbons (Fsp3) is 0.351. The minimum absolute atomic E-state index is 0.0268. The van der Waals surface area contributed by atoms with Gasteiger partial charge < -0.3 is 28.4 Å². The van der Waals surface area contributed by atoms with E-state index in [-0.39, 0.29) is 31.0 Å². The molecule has 0 radical (unpaired) electrons. The number of aryl methyl sites for hydroxylation is 1. The Kier molecular flexibility index (Phi) is 8.16. The van der Waals surface area contributed by atoms with Gasteiger partial charge in [-0.15, -0.1) is 0 Å². The average Bonchev–Trinajstić information content (AvgIpc) is 3.30. The van der Waals surface area contributed by atoms with Crippen LogP contribution in [0.5, 0.6) is 11.6 Å². The van der Waals surface area contributed by atoms with E-state index in [0.717, 1.165) is 40.4 Å². The second-order valence-electron chi connectivity index (χ2n) is 13.0. The molecule has 5 heterocycles. The van der Waals surface area contributed by atoms with E-state index in [1.165, 1.54) is 5.39 Å². The van der Waals surface area contributed by atoms with Gasteiger partial charge in [-0.1, -0.05) is 18.1 Å². The molecule has 47 heavy (non-hydrogen) atoms. The van der Waals surface area contributed by atoms with Gasteiger partial charge in [0, 0.05) is 66.4 Å². The molecule has 5 aromatic rings. The van der Waals surface area contributed by atoms with Crippen LogP contribution in [0.1, 0.15) is 39.3 Å². The number of likely N-dealkylation sites (tertiary alicyclic amines) is 1. The Morgan fingerprint density at radius 3 is 2.43 bits per heavy atom. The summed E-state index contributed by atoms with van der Waals surface area (Å²) in [5.74, 6) is 7.31. The maximum atomic E-state index is 12.0. The van der Waals surface area contributed by atoms with Gasteiger partial charge in [0.2, 0.25) is 5.88 Å². The number of benzene rings is 1. The lowest BCUT2D eigenvalue weighted by atomic mass is 9.92. The summed E-state index contributed by atoms with van der Waals surface area (Å²) in [6.45, 7) is 6.85. The van der Waals surface area contributed by atoms with E-state index in [4.69, 9.17) is 18.9 Å². The van der Waals surface area contributed by atoms with E-state index in [2.05, 4.69) is 62.7 Å². The zero-order chi connectivity index (χ0) is 32.5. The standard InChI is InChI=1S/C37H37N5O5/c1-37(2,3)47-36(43)42-22-30(23-42)44-15-5-6-26-9-10-27(20-39-26)45-28-17-29(18-28)46-35-12-8-25(19-40-35)24-7-11-31-32-21-38-14-13-33(32)41(4)34(31)16-24/h7-14,16,19-21,28-30H,15,17-18,22-23H2,1-4H3/t28-,29-. The van der Waals surface area contributed by atoms with Gasteiger partial charge in [0.15, 0.2) is 0 Å². The molecule has 0 atom stereocenters. The van der Waals surface area contributed by atoms with E-state index >= 15 is 0 Å². The molecule has 2 aliphatic rings. The van der Waals surface area contributed by atoms with E-state index in [1.807, 2.05) is 63.6 Å². The normalized spacial score (nSPS) is 17.8. The van der Waals surface area contributed by atoms with Crippen molar-refractivity contribution in [1.82, 2.24) is 24.4 Å². The summed E-state index contributed by atoms with van der Waals surface area (Å²) in [7, 11) is 2.08. The molecule has 7 rings (SSSR count). The van der Waals surface area contributed by atoms with Crippen LogP contribution in [0.3, 0.4) is 0 Å². The van der Waals surface area contributed by atoms with E-state index < -0.39 is 5.60 Å². The monoisotopic (exact) mass is 631 g/mol. The first kappa shape index (κ1) is 30.5. The number of pyridine rings is 3. The van der Waals surface area contributed by atoms with Crippen molar-refractivity contribution in [3.8, 4) is 34.6 Å². The highest BCUT2D eigenvalue weighted by Gasteiger charge is 2.34. The van der Waals surface area contributed by atoms with E-state index in [1.54, 1.807) is 11.1 Å². The number of carbonyl (C=O) groups is 1. The van der Waals surface area contributed by atoms with Crippen LogP contribution in [0.4, 0.5) is 4.79 Å². The number of fused-ring (bicyclic) bond motifs is 3. The summed E-state index contributed by atoms with van der Waals surface area (Å²) in [6, 6.07) is 16.2. The molecule has 1 aliphatic heterocycles. The van der Waals surface area contributed by atoms with Gasteiger partial charge in [-0.3, -0.25) is 4.98 Å². The van der Waals surface area contributed by atoms with E-state index in [9.17, 15) is 4.79 Å². The van der Waals surface area contributed by atoms with Crippen molar-refractivity contribution in [3.05, 3.63) is 79.0 Å². The summed E-state index contributed by atoms with van der Waals surface area (Å²) in [6.07, 6.45) is 8.65. The van der Waals surface area contributed by atoms with Gasteiger partial charge >= 0.3 is 6.09 Å². The Balaban J connectivity index is 0.836. The van der Waals surface area contributed by atoms with Crippen molar-refractivity contribution < 1.29 is 23.7 Å². The lowest BCUT2D eigenvalue weighted by molar-refractivity contribution is -0.0545. The SMILES string of the molecule is Cn1c2ccncc2c2ccc(-c3ccc(O[C@H]4C[C@H](Oc5ccc(C#CCOC6CN(C(=O)OC(C)(C)C)C6)nc5)C4)nc3)cc21. The van der Waals surface area contributed by atoms with Gasteiger partial charge in [-0.25, -0.2) is 14.8 Å². The van der Waals surface area contributed by atoms with Gasteiger partial charge in [0.25, 0.3) is 0 Å². The maximum absolute atomic E-state index is 12.0. The van der Waals surface area contributed by atoms with Crippen molar-refractivity contribution >= 4 is 27.9 Å². The first-order chi connectivity index (χ1) is 22.7. The molecule has 1 aromatic carbocycles. The predicted molar refractivity (Wildman–Crippen MR) is 178 cm³/mol. The third-order valence-corrected chi connectivity index (χ3v) is 8.36. The van der Waals surface area contributed by atoms with Crippen LogP contribution in [0.25, 0.3) is 32.9 Å². The topological polar surface area (TPSA) is 101 Å². The van der Waals surface area contributed by atoms with Gasteiger partial charge in [-0.2, -0.15) is 0 Å². The third-order valence-electron chi connectivity index (χ3n) is 8.36. The third kappa shape index (κ3) is 6.86. The molecule has 4 aromatic heterocycles. The number of carbonyl (C=O) groups excluding carboxylic acids is 1. The molecule has 240 valence electrons. The molecule has 1 aliphatic carbocycles. The van der Waals surface area contributed by atoms with Gasteiger partial charge in [0.1, 0.15) is 35.9 Å². The molecule has 0 unspecified atom stereocenters. The summed E-state index contributed by atoms with van der Waals surface area (Å²) < 4.78 is 25.5. The van der Waals surface area contributed by atoms with E-state index in [0.29, 0.717) is 30.4 Å². The predicted octanol–water partition coefficient (Wildman–Crippen LogP) is 6.16. The molecule has 10 heteroatoms. The first-order valence-electron chi connectivity index (χ1n) is 15.8. The van der Waals surface area contributed by atoms with Crippen LogP contribution in [0, 0.1) is 11.8 Å². The largest absolute Gasteiger partial charge is 0.489 e. The number of nitrogens with zero attached hydrogens (tertiary/aromatic N) is 5. The molecule has 10 nitrogen and oxygen atoms in total. The Morgan fingerprint density at radius 2 is 1.68 bits per heavy atom. The van der Waals surface area contributed by atoms with Crippen molar-refractivity contribution in [1.29, 1.82) is 0 Å². The molecular weight excluding hydrogens is 594 g/mol. The van der Waals surface area contributed by atoms with Crippen LogP contribution in [0.2, 0.25) is 0 Å². The molecule has 0 spiro atoms. The zero-order valence-electron chi connectivity index (χ0n) is 27.0. The van der Waals surface area contributed by atoms with Gasteiger partial charge in [0.05, 0.1) is 30.9 Å². The van der Waals surface area contributed by atoms with Gasteiger partial charge in [-0.05, 0) is 62.6 Å². The number of hydrogen-bond donors (Lipinski definition) is 0. The lowest BCUT2D eigenvalue weighted by Gasteiger charge is -2.39. The highest BCUT2D eigenvalue weighted by Crippen LogP contribution is 2.33. The van der Waals surface area contributed by atoms with Crippen LogP contribution in [-0.4, -0.2) is 74.1 Å². The number of ether oxygens (including phenoxy) is 4. The Hall–Kier alpha value is -5.14. The number of rotatable bonds is 7. The molecule has 1 saturated carbocycles. The molecule has 0 bridgehead atoms. The molecule has 2 fully saturated rings. The fourth-order valence-electron chi connectivity index (χ4n) is 5.76. The first-order valence-corrected chi connectivity index (χ1v) is 15.8. The lowest BCUT2D eigenvalue weighted by Crippen LogP contribution is -2.55. The Morgan fingerprint density at radius 1 is 0.872 bits per heavy atom. The minimum Gasteiger partial charge on any atom is -0.489 e. The average molecular weight is 632 g/mol. The zero-order valence-corrected chi connectivity index (χ0v) is 27.0. The highest BCUT2D eigenvalue weighted by atomic mass is 16.6. The Bertz CT molecular complexity index is 1960. The van der Waals surface area contributed by atoms with Crippen molar-refractivity contribution in [3.63, 3.8) is 0 Å². The molecule has 0 N–H and O–H groups in total. The summed E-state index contributed by atoms with van der Waals surface area (Å²) in [5, 5.41) is 2.35. The molecular formula is C37H37N5O5. The van der Waals surface area contributed by atoms with Crippen molar-refractivity contribution in [2.24, 2.45) is 7.05 Å².